The SMILES string of the molecule is CCNC(=NCC(O)CS(=O)(=O)c1cccs1)NCCCOCC1CC1. The van der Waals surface area contributed by atoms with Crippen LogP contribution in [-0.4, -0.2) is 64.2 Å². The molecule has 0 spiro atoms. The van der Waals surface area contributed by atoms with Crippen LogP contribution in [0, 0.1) is 5.92 Å². The molecule has 1 saturated carbocycles. The fourth-order valence-corrected chi connectivity index (χ4v) is 4.75. The molecule has 1 unspecified atom stereocenters. The quantitative estimate of drug-likeness (QED) is 0.276. The van der Waals surface area contributed by atoms with Gasteiger partial charge >= 0.3 is 0 Å². The number of aliphatic hydroxyl groups is 1. The number of nitrogens with zero attached hydrogens (tertiary/aromatic N) is 1. The summed E-state index contributed by atoms with van der Waals surface area (Å²) in [5.41, 5.74) is 0. The van der Waals surface area contributed by atoms with Gasteiger partial charge in [-0.1, -0.05) is 6.07 Å². The van der Waals surface area contributed by atoms with Gasteiger partial charge in [0.25, 0.3) is 0 Å². The number of aliphatic imine (C=N–C) groups is 1. The number of ether oxygens (including phenoxy) is 1. The highest BCUT2D eigenvalue weighted by Gasteiger charge is 2.21. The van der Waals surface area contributed by atoms with Gasteiger partial charge in [-0.15, -0.1) is 11.3 Å². The van der Waals surface area contributed by atoms with Gasteiger partial charge in [0.15, 0.2) is 15.8 Å². The third-order valence-electron chi connectivity index (χ3n) is 3.83. The monoisotopic (exact) mass is 403 g/mol. The first-order valence-electron chi connectivity index (χ1n) is 9.05. The Balaban J connectivity index is 1.70. The largest absolute Gasteiger partial charge is 0.390 e. The standard InChI is InChI=1S/C17H29N3O4S2/c1-2-18-17(19-8-4-9-24-12-14-6-7-14)20-11-15(21)13-26(22,23)16-5-3-10-25-16/h3,5,10,14-15,21H,2,4,6-9,11-13H2,1H3,(H2,18,19,20). The molecule has 148 valence electrons. The highest BCUT2D eigenvalue weighted by molar-refractivity contribution is 7.93. The summed E-state index contributed by atoms with van der Waals surface area (Å²) in [5, 5.41) is 18.0. The van der Waals surface area contributed by atoms with Crippen molar-refractivity contribution in [1.82, 2.24) is 10.6 Å². The number of thiophene rings is 1. The van der Waals surface area contributed by atoms with E-state index in [4.69, 9.17) is 4.74 Å². The normalized spacial score (nSPS) is 16.5. The van der Waals surface area contributed by atoms with Crippen LogP contribution in [0.15, 0.2) is 26.7 Å². The second-order valence-electron chi connectivity index (χ2n) is 6.39. The van der Waals surface area contributed by atoms with E-state index in [1.54, 1.807) is 17.5 Å². The molecule has 1 aromatic heterocycles. The minimum atomic E-state index is -3.46. The minimum absolute atomic E-state index is 0.0259. The lowest BCUT2D eigenvalue weighted by Crippen LogP contribution is -2.39. The Morgan fingerprint density at radius 1 is 1.46 bits per heavy atom. The number of hydrogen-bond acceptors (Lipinski definition) is 6. The molecule has 0 bridgehead atoms. The predicted molar refractivity (Wildman–Crippen MR) is 105 cm³/mol. The molecule has 7 nitrogen and oxygen atoms in total. The van der Waals surface area contributed by atoms with Crippen LogP contribution < -0.4 is 10.6 Å². The molecule has 1 heterocycles. The van der Waals surface area contributed by atoms with Crippen molar-refractivity contribution >= 4 is 27.1 Å². The highest BCUT2D eigenvalue weighted by Crippen LogP contribution is 2.28. The van der Waals surface area contributed by atoms with Crippen molar-refractivity contribution in [1.29, 1.82) is 0 Å². The first kappa shape index (κ1) is 21.1. The number of sulfone groups is 1. The molecule has 2 rings (SSSR count). The number of hydrogen-bond donors (Lipinski definition) is 3. The number of rotatable bonds is 12. The topological polar surface area (TPSA) is 100 Å². The zero-order valence-corrected chi connectivity index (χ0v) is 16.8. The molecule has 0 aliphatic heterocycles. The summed E-state index contributed by atoms with van der Waals surface area (Å²) in [6.45, 7) is 4.95. The van der Waals surface area contributed by atoms with E-state index >= 15 is 0 Å². The van der Waals surface area contributed by atoms with Gasteiger partial charge in [0.1, 0.15) is 4.21 Å². The zero-order chi connectivity index (χ0) is 18.8. The van der Waals surface area contributed by atoms with E-state index in [0.717, 1.165) is 30.3 Å². The Bertz CT molecular complexity index is 643. The van der Waals surface area contributed by atoms with Crippen LogP contribution in [0.3, 0.4) is 0 Å². The van der Waals surface area contributed by atoms with E-state index in [1.807, 2.05) is 6.92 Å². The zero-order valence-electron chi connectivity index (χ0n) is 15.2. The van der Waals surface area contributed by atoms with E-state index < -0.39 is 15.9 Å². The molecule has 0 radical (unpaired) electrons. The van der Waals surface area contributed by atoms with Crippen LogP contribution in [-0.2, 0) is 14.6 Å². The third kappa shape index (κ3) is 8.03. The van der Waals surface area contributed by atoms with Crippen molar-refractivity contribution in [3.8, 4) is 0 Å². The fourth-order valence-electron chi connectivity index (χ4n) is 2.28. The molecule has 0 saturated heterocycles. The molecule has 1 aromatic rings. The average Bonchev–Trinajstić information content (AvgIpc) is 3.23. The van der Waals surface area contributed by atoms with Crippen LogP contribution >= 0.6 is 11.3 Å². The van der Waals surface area contributed by atoms with Crippen LogP contribution in [0.4, 0.5) is 0 Å². The molecular formula is C17H29N3O4S2. The first-order valence-corrected chi connectivity index (χ1v) is 11.6. The van der Waals surface area contributed by atoms with Gasteiger partial charge in [0.05, 0.1) is 18.4 Å². The maximum absolute atomic E-state index is 12.2. The molecule has 1 fully saturated rings. The number of aliphatic hydroxyl groups excluding tert-OH is 1. The predicted octanol–water partition coefficient (Wildman–Crippen LogP) is 1.25. The molecule has 9 heteroatoms. The molecule has 1 atom stereocenters. The molecule has 1 aliphatic carbocycles. The van der Waals surface area contributed by atoms with E-state index in [1.165, 1.54) is 12.8 Å². The summed E-state index contributed by atoms with van der Waals surface area (Å²) < 4.78 is 30.2. The third-order valence-corrected chi connectivity index (χ3v) is 7.11. The first-order chi connectivity index (χ1) is 12.5. The van der Waals surface area contributed by atoms with Crippen molar-refractivity contribution in [3.05, 3.63) is 17.5 Å². The Hall–Kier alpha value is -1.16. The summed E-state index contributed by atoms with van der Waals surface area (Å²) in [4.78, 5) is 4.28. The summed E-state index contributed by atoms with van der Waals surface area (Å²) in [5.74, 6) is 1.02. The van der Waals surface area contributed by atoms with Gasteiger partial charge in [-0.05, 0) is 43.6 Å². The van der Waals surface area contributed by atoms with Gasteiger partial charge in [0, 0.05) is 26.3 Å². The van der Waals surface area contributed by atoms with E-state index in [9.17, 15) is 13.5 Å². The minimum Gasteiger partial charge on any atom is -0.390 e. The Kier molecular flexibility index (Phi) is 8.83. The molecular weight excluding hydrogens is 374 g/mol. The van der Waals surface area contributed by atoms with Crippen molar-refractivity contribution in [2.75, 3.05) is 38.6 Å². The maximum atomic E-state index is 12.2. The van der Waals surface area contributed by atoms with Crippen molar-refractivity contribution in [2.24, 2.45) is 10.9 Å². The molecule has 0 aromatic carbocycles. The lowest BCUT2D eigenvalue weighted by molar-refractivity contribution is 0.123. The summed E-state index contributed by atoms with van der Waals surface area (Å²) in [7, 11) is -3.46. The van der Waals surface area contributed by atoms with Crippen molar-refractivity contribution < 1.29 is 18.3 Å². The Morgan fingerprint density at radius 2 is 2.27 bits per heavy atom. The van der Waals surface area contributed by atoms with Crippen LogP contribution in [0.1, 0.15) is 26.2 Å². The van der Waals surface area contributed by atoms with E-state index in [-0.39, 0.29) is 16.5 Å². The van der Waals surface area contributed by atoms with Gasteiger partial charge in [0.2, 0.25) is 0 Å². The molecule has 26 heavy (non-hydrogen) atoms. The van der Waals surface area contributed by atoms with Gasteiger partial charge < -0.3 is 20.5 Å². The lowest BCUT2D eigenvalue weighted by Gasteiger charge is -2.13. The van der Waals surface area contributed by atoms with Crippen LogP contribution in [0.25, 0.3) is 0 Å². The van der Waals surface area contributed by atoms with Gasteiger partial charge in [-0.2, -0.15) is 0 Å². The average molecular weight is 404 g/mol. The Labute approximate surface area is 159 Å². The smallest absolute Gasteiger partial charge is 0.191 e. The maximum Gasteiger partial charge on any atom is 0.191 e. The molecule has 0 amide bonds. The van der Waals surface area contributed by atoms with E-state index in [0.29, 0.717) is 25.7 Å². The number of guanidine groups is 1. The van der Waals surface area contributed by atoms with Crippen LogP contribution in [0.2, 0.25) is 0 Å². The van der Waals surface area contributed by atoms with E-state index in [2.05, 4.69) is 15.6 Å². The summed E-state index contributed by atoms with van der Waals surface area (Å²) >= 11 is 1.16. The van der Waals surface area contributed by atoms with Crippen LogP contribution in [0.5, 0.6) is 0 Å². The summed E-state index contributed by atoms with van der Waals surface area (Å²) in [6.07, 6.45) is 2.41. The Morgan fingerprint density at radius 3 is 2.92 bits per heavy atom. The van der Waals surface area contributed by atoms with Crippen molar-refractivity contribution in [3.63, 3.8) is 0 Å². The lowest BCUT2D eigenvalue weighted by atomic mass is 10.4. The summed E-state index contributed by atoms with van der Waals surface area (Å²) in [6, 6.07) is 3.23. The fraction of sp³-hybridized carbons (Fsp3) is 0.706. The molecule has 3 N–H and O–H groups in total. The van der Waals surface area contributed by atoms with Gasteiger partial charge in [-0.25, -0.2) is 8.42 Å². The molecule has 1 aliphatic rings. The second kappa shape index (κ2) is 10.9. The van der Waals surface area contributed by atoms with Crippen molar-refractivity contribution in [2.45, 2.75) is 36.5 Å². The highest BCUT2D eigenvalue weighted by atomic mass is 32.2. The number of nitrogens with one attached hydrogen (secondary N) is 2. The van der Waals surface area contributed by atoms with Gasteiger partial charge in [-0.3, -0.25) is 4.99 Å². The second-order valence-corrected chi connectivity index (χ2v) is 9.59.